The summed E-state index contributed by atoms with van der Waals surface area (Å²) in [7, 11) is -4.46. The number of anilines is 1. The van der Waals surface area contributed by atoms with Crippen molar-refractivity contribution in [2.75, 3.05) is 12.3 Å². The highest BCUT2D eigenvalue weighted by Crippen LogP contribution is 2.48. The number of halogens is 2. The van der Waals surface area contributed by atoms with Crippen LogP contribution in [0.1, 0.15) is 33.9 Å². The van der Waals surface area contributed by atoms with E-state index in [9.17, 15) is 23.7 Å². The Morgan fingerprint density at radius 1 is 1.27 bits per heavy atom. The average molecular weight is 597 g/mol. The molecule has 0 spiro atoms. The van der Waals surface area contributed by atoms with E-state index in [4.69, 9.17) is 24.3 Å². The molecule has 222 valence electrons. The second-order valence-corrected chi connectivity index (χ2v) is 11.7. The van der Waals surface area contributed by atoms with Crippen LogP contribution in [0.4, 0.5) is 14.6 Å². The third kappa shape index (κ3) is 6.57. The molecule has 0 bridgehead atoms. The lowest BCUT2D eigenvalue weighted by Crippen LogP contribution is -2.43. The van der Waals surface area contributed by atoms with Crippen LogP contribution in [-0.2, 0) is 23.4 Å². The number of benzene rings is 2. The van der Waals surface area contributed by atoms with Gasteiger partial charge in [0.05, 0.1) is 18.9 Å². The highest BCUT2D eigenvalue weighted by atomic mass is 31.2. The SMILES string of the molecule is CC(C)OC(=O)[C@@H](C)NP(=O)(OC[C@H]1O[C@@H](n2cc(F)c(N)nc2=O)[C@](C)(F)[C@@H]1O)Oc1cccc2ccccc12. The number of nitrogens with two attached hydrogens (primary N) is 1. The number of nitrogens with zero attached hydrogens (tertiary/aromatic N) is 2. The number of fused-ring (bicyclic) bond motifs is 1. The normalized spacial score (nSPS) is 24.7. The number of nitrogens with one attached hydrogen (secondary N) is 1. The van der Waals surface area contributed by atoms with Crippen molar-refractivity contribution in [2.24, 2.45) is 0 Å². The van der Waals surface area contributed by atoms with Crippen LogP contribution >= 0.6 is 7.75 Å². The number of aromatic nitrogens is 2. The number of nitrogen functional groups attached to an aromatic ring is 1. The van der Waals surface area contributed by atoms with Crippen molar-refractivity contribution in [2.45, 2.75) is 63.9 Å². The Balaban J connectivity index is 1.60. The van der Waals surface area contributed by atoms with E-state index < -0.39 is 73.9 Å². The van der Waals surface area contributed by atoms with Gasteiger partial charge in [-0.15, -0.1) is 0 Å². The fraction of sp³-hybridized carbons (Fsp3) is 0.423. The van der Waals surface area contributed by atoms with Crippen molar-refractivity contribution in [1.29, 1.82) is 0 Å². The summed E-state index contributed by atoms with van der Waals surface area (Å²) in [5, 5.41) is 14.6. The summed E-state index contributed by atoms with van der Waals surface area (Å²) >= 11 is 0. The van der Waals surface area contributed by atoms with Crippen molar-refractivity contribution in [3.05, 3.63) is 65.0 Å². The zero-order valence-electron chi connectivity index (χ0n) is 22.7. The Morgan fingerprint density at radius 2 is 1.95 bits per heavy atom. The van der Waals surface area contributed by atoms with Crippen molar-refractivity contribution in [1.82, 2.24) is 14.6 Å². The van der Waals surface area contributed by atoms with E-state index in [1.54, 1.807) is 44.2 Å². The summed E-state index contributed by atoms with van der Waals surface area (Å²) in [6, 6.07) is 10.9. The van der Waals surface area contributed by atoms with E-state index >= 15 is 4.39 Å². The van der Waals surface area contributed by atoms with Gasteiger partial charge in [0.15, 0.2) is 23.5 Å². The highest BCUT2D eigenvalue weighted by molar-refractivity contribution is 7.52. The molecule has 1 aromatic heterocycles. The van der Waals surface area contributed by atoms with Gasteiger partial charge in [0, 0.05) is 5.39 Å². The number of hydrogen-bond acceptors (Lipinski definition) is 10. The van der Waals surface area contributed by atoms with Crippen LogP contribution in [0.3, 0.4) is 0 Å². The minimum atomic E-state index is -4.46. The second kappa shape index (κ2) is 11.8. The maximum Gasteiger partial charge on any atom is 0.459 e. The van der Waals surface area contributed by atoms with Crippen LogP contribution in [0, 0.1) is 5.82 Å². The topological polar surface area (TPSA) is 164 Å². The first-order chi connectivity index (χ1) is 19.2. The van der Waals surface area contributed by atoms with Crippen molar-refractivity contribution in [3.8, 4) is 5.75 Å². The number of aliphatic hydroxyl groups excluding tert-OH is 1. The molecule has 1 saturated heterocycles. The molecule has 1 aliphatic rings. The van der Waals surface area contributed by atoms with Gasteiger partial charge >= 0.3 is 19.4 Å². The van der Waals surface area contributed by atoms with Crippen LogP contribution < -0.4 is 21.0 Å². The molecule has 12 nitrogen and oxygen atoms in total. The van der Waals surface area contributed by atoms with Crippen LogP contribution in [-0.4, -0.2) is 57.3 Å². The summed E-state index contributed by atoms with van der Waals surface area (Å²) in [5.74, 6) is -2.37. The molecule has 0 saturated carbocycles. The van der Waals surface area contributed by atoms with Crippen LogP contribution in [0.15, 0.2) is 53.5 Å². The third-order valence-corrected chi connectivity index (χ3v) is 7.97. The van der Waals surface area contributed by atoms with Gasteiger partial charge in [-0.25, -0.2) is 18.1 Å². The zero-order valence-corrected chi connectivity index (χ0v) is 23.6. The number of esters is 1. The molecule has 6 atom stereocenters. The summed E-state index contributed by atoms with van der Waals surface area (Å²) in [6.45, 7) is 4.89. The minimum Gasteiger partial charge on any atom is -0.462 e. The number of ether oxygens (including phenoxy) is 2. The fourth-order valence-corrected chi connectivity index (χ4v) is 5.79. The largest absolute Gasteiger partial charge is 0.462 e. The molecule has 15 heteroatoms. The molecule has 1 aliphatic heterocycles. The molecule has 41 heavy (non-hydrogen) atoms. The fourth-order valence-electron chi connectivity index (χ4n) is 4.27. The molecular weight excluding hydrogens is 565 g/mol. The van der Waals surface area contributed by atoms with E-state index in [1.807, 2.05) is 12.1 Å². The Kier molecular flexibility index (Phi) is 8.81. The maximum absolute atomic E-state index is 15.6. The number of alkyl halides is 1. The maximum atomic E-state index is 15.6. The van der Waals surface area contributed by atoms with E-state index in [1.165, 1.54) is 6.92 Å². The summed E-state index contributed by atoms with van der Waals surface area (Å²) in [5.41, 5.74) is 1.55. The monoisotopic (exact) mass is 596 g/mol. The molecule has 3 aromatic rings. The molecule has 4 N–H and O–H groups in total. The Labute approximate surface area is 234 Å². The molecule has 1 unspecified atom stereocenters. The molecular formula is C26H31F2N4O8P. The summed E-state index contributed by atoms with van der Waals surface area (Å²) < 4.78 is 66.3. The first-order valence-electron chi connectivity index (χ1n) is 12.7. The van der Waals surface area contributed by atoms with Crippen molar-refractivity contribution < 1.29 is 41.8 Å². The van der Waals surface area contributed by atoms with E-state index in [0.717, 1.165) is 12.3 Å². The molecule has 2 aromatic carbocycles. The van der Waals surface area contributed by atoms with Gasteiger partial charge in [0.25, 0.3) is 0 Å². The smallest absolute Gasteiger partial charge is 0.459 e. The van der Waals surface area contributed by atoms with Gasteiger partial charge in [-0.05, 0) is 39.1 Å². The Bertz CT molecular complexity index is 1530. The molecule has 0 aliphatic carbocycles. The molecule has 2 heterocycles. The molecule has 4 rings (SSSR count). The second-order valence-electron chi connectivity index (χ2n) is 9.99. The number of aliphatic hydroxyl groups is 1. The van der Waals surface area contributed by atoms with Crippen molar-refractivity contribution in [3.63, 3.8) is 0 Å². The summed E-state index contributed by atoms with van der Waals surface area (Å²) in [6.07, 6.45) is -5.10. The minimum absolute atomic E-state index is 0.152. The Hall–Kier alpha value is -3.42. The Morgan fingerprint density at radius 3 is 2.66 bits per heavy atom. The lowest BCUT2D eigenvalue weighted by atomic mass is 9.98. The third-order valence-electron chi connectivity index (χ3n) is 6.34. The van der Waals surface area contributed by atoms with Gasteiger partial charge in [-0.3, -0.25) is 13.9 Å². The van der Waals surface area contributed by atoms with E-state index in [2.05, 4.69) is 10.1 Å². The number of carbonyl (C=O) groups is 1. The van der Waals surface area contributed by atoms with Gasteiger partial charge < -0.3 is 24.8 Å². The summed E-state index contributed by atoms with van der Waals surface area (Å²) in [4.78, 5) is 28.1. The quantitative estimate of drug-likeness (QED) is 0.232. The molecule has 0 radical (unpaired) electrons. The number of carbonyl (C=O) groups excluding carboxylic acids is 1. The van der Waals surface area contributed by atoms with Gasteiger partial charge in [0.2, 0.25) is 0 Å². The van der Waals surface area contributed by atoms with Gasteiger partial charge in [-0.2, -0.15) is 10.1 Å². The van der Waals surface area contributed by atoms with Crippen LogP contribution in [0.25, 0.3) is 10.8 Å². The first kappa shape index (κ1) is 30.5. The molecule has 1 fully saturated rings. The first-order valence-corrected chi connectivity index (χ1v) is 14.2. The predicted molar refractivity (Wildman–Crippen MR) is 144 cm³/mol. The number of rotatable bonds is 10. The predicted octanol–water partition coefficient (Wildman–Crippen LogP) is 3.24. The lowest BCUT2D eigenvalue weighted by Gasteiger charge is -2.26. The standard InChI is InChI=1S/C26H31F2N4O8P/c1-14(2)38-23(34)15(3)31-41(36,40-19-11-7-9-16-8-5-6-10-17(16)19)37-13-20-21(33)26(4,28)24(39-20)32-12-18(27)22(29)30-25(32)35/h5-12,14-15,20-21,24,33H,13H2,1-4H3,(H,31,36)(H2,29,30,35)/t15-,20-,21-,24-,26-,41?/m1/s1. The number of hydrogen-bond donors (Lipinski definition) is 3. The van der Waals surface area contributed by atoms with Crippen LogP contribution in [0.5, 0.6) is 5.75 Å². The van der Waals surface area contributed by atoms with E-state index in [0.29, 0.717) is 16.2 Å². The lowest BCUT2D eigenvalue weighted by molar-refractivity contribution is -0.149. The van der Waals surface area contributed by atoms with Crippen LogP contribution in [0.2, 0.25) is 0 Å². The highest BCUT2D eigenvalue weighted by Gasteiger charge is 2.56. The van der Waals surface area contributed by atoms with Crippen molar-refractivity contribution >= 4 is 30.3 Å². The van der Waals surface area contributed by atoms with Gasteiger partial charge in [-0.1, -0.05) is 36.4 Å². The van der Waals surface area contributed by atoms with E-state index in [-0.39, 0.29) is 5.75 Å². The average Bonchev–Trinajstić information content (AvgIpc) is 3.13. The molecule has 0 amide bonds. The zero-order chi connectivity index (χ0) is 30.1. The van der Waals surface area contributed by atoms with Gasteiger partial charge in [0.1, 0.15) is 24.0 Å².